The molecule has 2 saturated heterocycles. The Hall–Kier alpha value is -1.94. The van der Waals surface area contributed by atoms with Crippen LogP contribution >= 0.6 is 0 Å². The molecule has 2 aliphatic rings. The molecule has 0 aliphatic carbocycles. The summed E-state index contributed by atoms with van der Waals surface area (Å²) in [7, 11) is 0. The highest BCUT2D eigenvalue weighted by molar-refractivity contribution is 5.94. The molecule has 2 atom stereocenters. The van der Waals surface area contributed by atoms with E-state index in [1.54, 1.807) is 24.3 Å². The summed E-state index contributed by atoms with van der Waals surface area (Å²) in [5, 5.41) is 21.7. The minimum Gasteiger partial charge on any atom is -0.396 e. The fraction of sp³-hybridized carbons (Fsp3) is 0.556. The van der Waals surface area contributed by atoms with Gasteiger partial charge in [0.1, 0.15) is 0 Å². The van der Waals surface area contributed by atoms with Crippen molar-refractivity contribution in [1.82, 2.24) is 10.2 Å². The van der Waals surface area contributed by atoms with Crippen LogP contribution in [0.5, 0.6) is 0 Å². The van der Waals surface area contributed by atoms with Crippen LogP contribution in [0.2, 0.25) is 0 Å². The first-order valence-electron chi connectivity index (χ1n) is 8.45. The molecule has 0 aromatic heterocycles. The van der Waals surface area contributed by atoms with E-state index in [4.69, 9.17) is 10.00 Å². The van der Waals surface area contributed by atoms with E-state index in [1.165, 1.54) is 0 Å². The molecule has 6 heteroatoms. The van der Waals surface area contributed by atoms with Crippen molar-refractivity contribution in [1.29, 1.82) is 5.26 Å². The normalized spacial score (nSPS) is 25.3. The topological polar surface area (TPSA) is 85.6 Å². The third-order valence-corrected chi connectivity index (χ3v) is 4.98. The van der Waals surface area contributed by atoms with E-state index in [-0.39, 0.29) is 24.5 Å². The van der Waals surface area contributed by atoms with E-state index >= 15 is 0 Å². The molecule has 0 spiro atoms. The summed E-state index contributed by atoms with van der Waals surface area (Å²) in [6.45, 7) is 3.17. The third kappa shape index (κ3) is 3.75. The van der Waals surface area contributed by atoms with Crippen molar-refractivity contribution < 1.29 is 14.6 Å². The van der Waals surface area contributed by atoms with Crippen molar-refractivity contribution in [3.05, 3.63) is 35.4 Å². The van der Waals surface area contributed by atoms with Gasteiger partial charge in [-0.15, -0.1) is 0 Å². The van der Waals surface area contributed by atoms with Crippen molar-refractivity contribution in [3.8, 4) is 6.07 Å². The highest BCUT2D eigenvalue weighted by Gasteiger charge is 2.37. The number of carbonyl (C=O) groups excluding carboxylic acids is 1. The zero-order valence-corrected chi connectivity index (χ0v) is 13.6. The molecule has 2 heterocycles. The van der Waals surface area contributed by atoms with Gasteiger partial charge in [0, 0.05) is 56.5 Å². The maximum atomic E-state index is 12.5. The summed E-state index contributed by atoms with van der Waals surface area (Å²) >= 11 is 0. The Morgan fingerprint density at radius 3 is 2.88 bits per heavy atom. The van der Waals surface area contributed by atoms with Crippen molar-refractivity contribution in [2.75, 3.05) is 32.9 Å². The fourth-order valence-corrected chi connectivity index (χ4v) is 3.58. The van der Waals surface area contributed by atoms with Gasteiger partial charge in [-0.2, -0.15) is 5.26 Å². The SMILES string of the molecule is N#Cc1cccc(C(=O)N[C@@H]2CN(C3CCOCC3)C[C@H]2CO)c1. The Bertz CT molecular complexity index is 622. The molecule has 1 aromatic rings. The summed E-state index contributed by atoms with van der Waals surface area (Å²) in [6.07, 6.45) is 2.01. The van der Waals surface area contributed by atoms with Gasteiger partial charge in [-0.25, -0.2) is 0 Å². The maximum absolute atomic E-state index is 12.5. The van der Waals surface area contributed by atoms with Gasteiger partial charge < -0.3 is 15.2 Å². The average molecular weight is 329 g/mol. The van der Waals surface area contributed by atoms with E-state index < -0.39 is 0 Å². The second kappa shape index (κ2) is 7.75. The van der Waals surface area contributed by atoms with Crippen molar-refractivity contribution in [3.63, 3.8) is 0 Å². The van der Waals surface area contributed by atoms with Gasteiger partial charge in [-0.1, -0.05) is 6.07 Å². The smallest absolute Gasteiger partial charge is 0.251 e. The first-order valence-corrected chi connectivity index (χ1v) is 8.45. The van der Waals surface area contributed by atoms with Crippen molar-refractivity contribution in [2.45, 2.75) is 24.9 Å². The number of aliphatic hydroxyl groups excluding tert-OH is 1. The number of hydrogen-bond donors (Lipinski definition) is 2. The van der Waals surface area contributed by atoms with E-state index in [0.29, 0.717) is 17.2 Å². The van der Waals surface area contributed by atoms with E-state index in [1.807, 2.05) is 6.07 Å². The molecule has 0 saturated carbocycles. The molecule has 1 amide bonds. The number of benzene rings is 1. The lowest BCUT2D eigenvalue weighted by Crippen LogP contribution is -2.43. The number of nitrogens with one attached hydrogen (secondary N) is 1. The summed E-state index contributed by atoms with van der Waals surface area (Å²) < 4.78 is 5.41. The van der Waals surface area contributed by atoms with Crippen LogP contribution in [0.3, 0.4) is 0 Å². The van der Waals surface area contributed by atoms with Crippen LogP contribution in [-0.4, -0.2) is 60.9 Å². The Labute approximate surface area is 142 Å². The zero-order chi connectivity index (χ0) is 16.9. The highest BCUT2D eigenvalue weighted by atomic mass is 16.5. The predicted octanol–water partition coefficient (Wildman–Crippen LogP) is 0.760. The minimum absolute atomic E-state index is 0.0379. The van der Waals surface area contributed by atoms with Gasteiger partial charge in [0.25, 0.3) is 5.91 Å². The van der Waals surface area contributed by atoms with Crippen molar-refractivity contribution in [2.24, 2.45) is 5.92 Å². The number of rotatable bonds is 4. The minimum atomic E-state index is -0.190. The maximum Gasteiger partial charge on any atom is 0.251 e. The lowest BCUT2D eigenvalue weighted by Gasteiger charge is -2.31. The molecule has 2 aliphatic heterocycles. The van der Waals surface area contributed by atoms with Gasteiger partial charge in [-0.05, 0) is 31.0 Å². The number of aliphatic hydroxyl groups is 1. The number of carbonyl (C=O) groups is 1. The van der Waals surface area contributed by atoms with Crippen LogP contribution in [0.25, 0.3) is 0 Å². The molecule has 2 fully saturated rings. The van der Waals surface area contributed by atoms with E-state index in [9.17, 15) is 9.90 Å². The number of nitrogens with zero attached hydrogens (tertiary/aromatic N) is 2. The summed E-state index contributed by atoms with van der Waals surface area (Å²) in [5.41, 5.74) is 0.951. The monoisotopic (exact) mass is 329 g/mol. The van der Waals surface area contributed by atoms with Gasteiger partial charge in [0.2, 0.25) is 0 Å². The number of hydrogen-bond acceptors (Lipinski definition) is 5. The Balaban J connectivity index is 1.64. The number of amides is 1. The molecule has 6 nitrogen and oxygen atoms in total. The first-order chi connectivity index (χ1) is 11.7. The van der Waals surface area contributed by atoms with Crippen molar-refractivity contribution >= 4 is 5.91 Å². The quantitative estimate of drug-likeness (QED) is 0.852. The van der Waals surface area contributed by atoms with Crippen LogP contribution in [0.1, 0.15) is 28.8 Å². The van der Waals surface area contributed by atoms with Crippen LogP contribution in [0.15, 0.2) is 24.3 Å². The second-order valence-corrected chi connectivity index (χ2v) is 6.51. The molecule has 0 radical (unpaired) electrons. The van der Waals surface area contributed by atoms with Crippen LogP contribution in [0, 0.1) is 17.2 Å². The number of likely N-dealkylation sites (tertiary alicyclic amines) is 1. The third-order valence-electron chi connectivity index (χ3n) is 4.98. The fourth-order valence-electron chi connectivity index (χ4n) is 3.58. The van der Waals surface area contributed by atoms with Gasteiger partial charge in [-0.3, -0.25) is 9.69 Å². The lowest BCUT2D eigenvalue weighted by molar-refractivity contribution is 0.0399. The number of ether oxygens (including phenoxy) is 1. The highest BCUT2D eigenvalue weighted by Crippen LogP contribution is 2.24. The molecule has 1 aromatic carbocycles. The van der Waals surface area contributed by atoms with Gasteiger partial charge in [0.15, 0.2) is 0 Å². The van der Waals surface area contributed by atoms with Crippen LogP contribution in [-0.2, 0) is 4.74 Å². The average Bonchev–Trinajstić information content (AvgIpc) is 3.05. The van der Waals surface area contributed by atoms with Crippen LogP contribution < -0.4 is 5.32 Å². The molecule has 0 bridgehead atoms. The largest absolute Gasteiger partial charge is 0.396 e. The predicted molar refractivity (Wildman–Crippen MR) is 88.4 cm³/mol. The molecule has 3 rings (SSSR count). The standard InChI is InChI=1S/C18H23N3O3/c19-9-13-2-1-3-14(8-13)18(23)20-17-11-21(10-15(17)12-22)16-4-6-24-7-5-16/h1-3,8,15-17,22H,4-7,10-12H2,(H,20,23)/t15-,17+/m0/s1. The van der Waals surface area contributed by atoms with E-state index in [0.717, 1.165) is 39.1 Å². The Kier molecular flexibility index (Phi) is 5.46. The van der Waals surface area contributed by atoms with Crippen LogP contribution in [0.4, 0.5) is 0 Å². The first kappa shape index (κ1) is 16.9. The molecule has 128 valence electrons. The Morgan fingerprint density at radius 1 is 1.38 bits per heavy atom. The summed E-state index contributed by atoms with van der Waals surface area (Å²) in [4.78, 5) is 14.8. The molecular weight excluding hydrogens is 306 g/mol. The Morgan fingerprint density at radius 2 is 2.17 bits per heavy atom. The van der Waals surface area contributed by atoms with Gasteiger partial charge in [0.05, 0.1) is 11.6 Å². The second-order valence-electron chi connectivity index (χ2n) is 6.51. The summed E-state index contributed by atoms with van der Waals surface area (Å²) in [6, 6.07) is 9.12. The molecule has 2 N–H and O–H groups in total. The molecular formula is C18H23N3O3. The van der Waals surface area contributed by atoms with E-state index in [2.05, 4.69) is 10.2 Å². The van der Waals surface area contributed by atoms with Gasteiger partial charge >= 0.3 is 0 Å². The summed E-state index contributed by atoms with van der Waals surface area (Å²) in [5.74, 6) is -0.152. The number of nitriles is 1. The molecule has 24 heavy (non-hydrogen) atoms. The lowest BCUT2D eigenvalue weighted by atomic mass is 10.0. The molecule has 0 unspecified atom stereocenters. The zero-order valence-electron chi connectivity index (χ0n) is 13.6.